The number of hydrogen-bond donors (Lipinski definition) is 2. The summed E-state index contributed by atoms with van der Waals surface area (Å²) < 4.78 is 0. The van der Waals surface area contributed by atoms with Crippen LogP contribution in [0.25, 0.3) is 0 Å². The molecule has 3 heteroatoms. The standard InChI is InChI=1S/C10H17NOS/c1-2-9-4-7-13-10(9)8-11-5-3-6-12/h4,7,11-12H,2-3,5-6,8H2,1H3. The zero-order valence-corrected chi connectivity index (χ0v) is 8.86. The maximum Gasteiger partial charge on any atom is 0.0443 e. The highest BCUT2D eigenvalue weighted by atomic mass is 32.1. The topological polar surface area (TPSA) is 32.3 Å². The van der Waals surface area contributed by atoms with Gasteiger partial charge in [-0.15, -0.1) is 11.3 Å². The average Bonchev–Trinajstić information content (AvgIpc) is 2.60. The monoisotopic (exact) mass is 199 g/mol. The molecule has 1 aromatic rings. The summed E-state index contributed by atoms with van der Waals surface area (Å²) in [6, 6.07) is 2.19. The molecular formula is C10H17NOS. The molecule has 74 valence electrons. The summed E-state index contributed by atoms with van der Waals surface area (Å²) in [6.45, 7) is 4.30. The van der Waals surface area contributed by atoms with Crippen molar-refractivity contribution in [1.29, 1.82) is 0 Å². The molecule has 0 spiro atoms. The predicted octanol–water partition coefficient (Wildman–Crippen LogP) is 1.78. The first kappa shape index (κ1) is 10.7. The molecule has 13 heavy (non-hydrogen) atoms. The summed E-state index contributed by atoms with van der Waals surface area (Å²) in [5.74, 6) is 0. The zero-order valence-electron chi connectivity index (χ0n) is 8.05. The third-order valence-electron chi connectivity index (χ3n) is 2.02. The van der Waals surface area contributed by atoms with Gasteiger partial charge in [-0.05, 0) is 36.4 Å². The van der Waals surface area contributed by atoms with E-state index >= 15 is 0 Å². The Labute approximate surface area is 83.6 Å². The van der Waals surface area contributed by atoms with Crippen molar-refractivity contribution in [2.45, 2.75) is 26.3 Å². The van der Waals surface area contributed by atoms with Gasteiger partial charge in [-0.2, -0.15) is 0 Å². The molecule has 2 N–H and O–H groups in total. The van der Waals surface area contributed by atoms with Crippen LogP contribution in [-0.2, 0) is 13.0 Å². The quantitative estimate of drug-likeness (QED) is 0.685. The summed E-state index contributed by atoms with van der Waals surface area (Å²) in [6.07, 6.45) is 1.95. The van der Waals surface area contributed by atoms with Crippen LogP contribution < -0.4 is 5.32 Å². The Morgan fingerprint density at radius 3 is 3.08 bits per heavy atom. The van der Waals surface area contributed by atoms with Gasteiger partial charge < -0.3 is 10.4 Å². The maximum absolute atomic E-state index is 8.59. The van der Waals surface area contributed by atoms with Crippen LogP contribution in [0.2, 0.25) is 0 Å². The van der Waals surface area contributed by atoms with Crippen molar-refractivity contribution >= 4 is 11.3 Å². The number of aliphatic hydroxyl groups excluding tert-OH is 1. The van der Waals surface area contributed by atoms with Crippen molar-refractivity contribution in [1.82, 2.24) is 5.32 Å². The second-order valence-electron chi connectivity index (χ2n) is 2.98. The lowest BCUT2D eigenvalue weighted by Crippen LogP contribution is -2.15. The lowest BCUT2D eigenvalue weighted by Gasteiger charge is -2.03. The van der Waals surface area contributed by atoms with Crippen molar-refractivity contribution in [2.75, 3.05) is 13.2 Å². The van der Waals surface area contributed by atoms with Crippen molar-refractivity contribution in [2.24, 2.45) is 0 Å². The van der Waals surface area contributed by atoms with E-state index in [4.69, 9.17) is 5.11 Å². The van der Waals surface area contributed by atoms with Crippen LogP contribution in [0, 0.1) is 0 Å². The molecule has 0 aliphatic rings. The Morgan fingerprint density at radius 2 is 2.38 bits per heavy atom. The van der Waals surface area contributed by atoms with Gasteiger partial charge in [0.2, 0.25) is 0 Å². The van der Waals surface area contributed by atoms with Gasteiger partial charge in [0, 0.05) is 18.0 Å². The Hall–Kier alpha value is -0.380. The van der Waals surface area contributed by atoms with Crippen LogP contribution >= 0.6 is 11.3 Å². The molecule has 1 rings (SSSR count). The van der Waals surface area contributed by atoms with E-state index in [1.807, 2.05) is 11.3 Å². The number of hydrogen-bond acceptors (Lipinski definition) is 3. The Bertz CT molecular complexity index is 235. The molecule has 0 bridgehead atoms. The van der Waals surface area contributed by atoms with Crippen LogP contribution in [0.4, 0.5) is 0 Å². The fraction of sp³-hybridized carbons (Fsp3) is 0.600. The average molecular weight is 199 g/mol. The predicted molar refractivity (Wildman–Crippen MR) is 57.1 cm³/mol. The molecule has 0 radical (unpaired) electrons. The van der Waals surface area contributed by atoms with E-state index in [0.717, 1.165) is 25.9 Å². The van der Waals surface area contributed by atoms with E-state index < -0.39 is 0 Å². The Kier molecular flexibility index (Phi) is 5.05. The number of thiophene rings is 1. The van der Waals surface area contributed by atoms with E-state index in [2.05, 4.69) is 23.7 Å². The molecule has 0 fully saturated rings. The maximum atomic E-state index is 8.59. The molecular weight excluding hydrogens is 182 g/mol. The van der Waals surface area contributed by atoms with Crippen LogP contribution in [0.15, 0.2) is 11.4 Å². The van der Waals surface area contributed by atoms with Crippen molar-refractivity contribution in [3.63, 3.8) is 0 Å². The highest BCUT2D eigenvalue weighted by molar-refractivity contribution is 7.10. The number of rotatable bonds is 6. The molecule has 0 saturated carbocycles. The number of aryl methyl sites for hydroxylation is 1. The van der Waals surface area contributed by atoms with Gasteiger partial charge in [-0.25, -0.2) is 0 Å². The summed E-state index contributed by atoms with van der Waals surface area (Å²) >= 11 is 1.81. The second-order valence-corrected chi connectivity index (χ2v) is 3.98. The third kappa shape index (κ3) is 3.46. The van der Waals surface area contributed by atoms with E-state index in [9.17, 15) is 0 Å². The van der Waals surface area contributed by atoms with Gasteiger partial charge in [0.15, 0.2) is 0 Å². The Balaban J connectivity index is 2.27. The highest BCUT2D eigenvalue weighted by Gasteiger charge is 2.00. The molecule has 0 saturated heterocycles. The van der Waals surface area contributed by atoms with Gasteiger partial charge in [0.05, 0.1) is 0 Å². The molecule has 1 aromatic heterocycles. The van der Waals surface area contributed by atoms with Crippen molar-refractivity contribution < 1.29 is 5.11 Å². The van der Waals surface area contributed by atoms with Gasteiger partial charge in [0.25, 0.3) is 0 Å². The minimum Gasteiger partial charge on any atom is -0.396 e. The molecule has 0 aliphatic carbocycles. The first-order valence-corrected chi connectivity index (χ1v) is 5.63. The molecule has 0 aliphatic heterocycles. The molecule has 0 atom stereocenters. The molecule has 0 aromatic carbocycles. The van der Waals surface area contributed by atoms with E-state index in [0.29, 0.717) is 0 Å². The van der Waals surface area contributed by atoms with Gasteiger partial charge in [-0.1, -0.05) is 6.92 Å². The lowest BCUT2D eigenvalue weighted by molar-refractivity contribution is 0.286. The molecule has 1 heterocycles. The van der Waals surface area contributed by atoms with E-state index in [-0.39, 0.29) is 6.61 Å². The fourth-order valence-electron chi connectivity index (χ4n) is 1.24. The van der Waals surface area contributed by atoms with Crippen molar-refractivity contribution in [3.8, 4) is 0 Å². The minimum absolute atomic E-state index is 0.276. The number of aliphatic hydroxyl groups is 1. The number of nitrogens with one attached hydrogen (secondary N) is 1. The fourth-order valence-corrected chi connectivity index (χ4v) is 2.19. The zero-order chi connectivity index (χ0) is 9.52. The van der Waals surface area contributed by atoms with Gasteiger partial charge in [0.1, 0.15) is 0 Å². The van der Waals surface area contributed by atoms with Crippen LogP contribution in [0.1, 0.15) is 23.8 Å². The summed E-state index contributed by atoms with van der Waals surface area (Å²) in [4.78, 5) is 1.43. The Morgan fingerprint density at radius 1 is 1.54 bits per heavy atom. The highest BCUT2D eigenvalue weighted by Crippen LogP contribution is 2.16. The van der Waals surface area contributed by atoms with Crippen LogP contribution in [-0.4, -0.2) is 18.3 Å². The normalized spacial score (nSPS) is 10.6. The lowest BCUT2D eigenvalue weighted by atomic mass is 10.2. The summed E-state index contributed by atoms with van der Waals surface area (Å²) in [5, 5.41) is 14.0. The minimum atomic E-state index is 0.276. The molecule has 0 amide bonds. The van der Waals surface area contributed by atoms with Gasteiger partial charge in [-0.3, -0.25) is 0 Å². The first-order valence-electron chi connectivity index (χ1n) is 4.75. The van der Waals surface area contributed by atoms with Gasteiger partial charge >= 0.3 is 0 Å². The molecule has 2 nitrogen and oxygen atoms in total. The van der Waals surface area contributed by atoms with E-state index in [1.165, 1.54) is 10.4 Å². The largest absolute Gasteiger partial charge is 0.396 e. The second kappa shape index (κ2) is 6.13. The summed E-state index contributed by atoms with van der Waals surface area (Å²) in [7, 11) is 0. The molecule has 0 unspecified atom stereocenters. The third-order valence-corrected chi connectivity index (χ3v) is 2.98. The van der Waals surface area contributed by atoms with E-state index in [1.54, 1.807) is 0 Å². The SMILES string of the molecule is CCc1ccsc1CNCCCO. The van der Waals surface area contributed by atoms with Crippen LogP contribution in [0.3, 0.4) is 0 Å². The smallest absolute Gasteiger partial charge is 0.0443 e. The van der Waals surface area contributed by atoms with Crippen LogP contribution in [0.5, 0.6) is 0 Å². The summed E-state index contributed by atoms with van der Waals surface area (Å²) in [5.41, 5.74) is 1.45. The van der Waals surface area contributed by atoms with Crippen molar-refractivity contribution in [3.05, 3.63) is 21.9 Å². The first-order chi connectivity index (χ1) is 6.38.